The number of nitrogens with zero attached hydrogens (tertiary/aromatic N) is 2. The van der Waals surface area contributed by atoms with Crippen LogP contribution in [-0.2, 0) is 4.79 Å². The number of carbonyl (C=O) groups is 1. The number of hydrogen-bond donors (Lipinski definition) is 1. The van der Waals surface area contributed by atoms with Gasteiger partial charge in [-0.25, -0.2) is 8.78 Å². The molecule has 2 atom stereocenters. The first-order chi connectivity index (χ1) is 12.5. The number of nitriles is 1. The summed E-state index contributed by atoms with van der Waals surface area (Å²) in [5.41, 5.74) is 7.63. The normalized spacial score (nSPS) is 17.3. The van der Waals surface area contributed by atoms with Crippen LogP contribution in [0.1, 0.15) is 29.9 Å². The average molecular weight is 392 g/mol. The van der Waals surface area contributed by atoms with Crippen LogP contribution in [0.5, 0.6) is 0 Å². The molecule has 2 N–H and O–H groups in total. The molecule has 142 valence electrons. The van der Waals surface area contributed by atoms with Crippen LogP contribution < -0.4 is 5.73 Å². The summed E-state index contributed by atoms with van der Waals surface area (Å²) in [7, 11) is 0. The van der Waals surface area contributed by atoms with E-state index in [0.717, 1.165) is 6.42 Å². The number of benzene rings is 2. The lowest BCUT2D eigenvalue weighted by Gasteiger charge is -2.29. The fraction of sp³-hybridized carbons (Fsp3) is 0.300. The van der Waals surface area contributed by atoms with E-state index in [2.05, 4.69) is 6.07 Å². The Balaban J connectivity index is 0.00000261. The van der Waals surface area contributed by atoms with Gasteiger partial charge in [0.1, 0.15) is 17.7 Å². The summed E-state index contributed by atoms with van der Waals surface area (Å²) in [5.74, 6) is -1.68. The van der Waals surface area contributed by atoms with Crippen molar-refractivity contribution in [1.29, 1.82) is 5.26 Å². The van der Waals surface area contributed by atoms with Crippen LogP contribution in [0, 0.1) is 23.0 Å². The molecule has 1 aliphatic rings. The Morgan fingerprint density at radius 2 is 1.56 bits per heavy atom. The highest BCUT2D eigenvalue weighted by atomic mass is 35.5. The molecule has 0 aliphatic carbocycles. The molecular weight excluding hydrogens is 372 g/mol. The molecule has 0 radical (unpaired) electrons. The van der Waals surface area contributed by atoms with E-state index in [1.54, 1.807) is 24.3 Å². The fourth-order valence-corrected chi connectivity index (χ4v) is 3.45. The van der Waals surface area contributed by atoms with Gasteiger partial charge in [-0.05, 0) is 48.2 Å². The van der Waals surface area contributed by atoms with Gasteiger partial charge < -0.3 is 10.6 Å². The third-order valence-corrected chi connectivity index (χ3v) is 4.79. The van der Waals surface area contributed by atoms with Gasteiger partial charge in [0.05, 0.1) is 12.1 Å². The second-order valence-electron chi connectivity index (χ2n) is 6.43. The van der Waals surface area contributed by atoms with Crippen molar-refractivity contribution in [3.05, 3.63) is 71.3 Å². The van der Waals surface area contributed by atoms with Crippen LogP contribution >= 0.6 is 12.4 Å². The summed E-state index contributed by atoms with van der Waals surface area (Å²) < 4.78 is 26.6. The monoisotopic (exact) mass is 391 g/mol. The maximum atomic E-state index is 13.3. The Labute approximate surface area is 163 Å². The van der Waals surface area contributed by atoms with E-state index in [1.165, 1.54) is 29.2 Å². The number of amides is 1. The van der Waals surface area contributed by atoms with E-state index in [4.69, 9.17) is 5.73 Å². The molecular formula is C20H20ClF2N3O. The van der Waals surface area contributed by atoms with Crippen LogP contribution in [0.25, 0.3) is 0 Å². The van der Waals surface area contributed by atoms with E-state index in [0.29, 0.717) is 24.1 Å². The van der Waals surface area contributed by atoms with Crippen molar-refractivity contribution in [2.24, 2.45) is 5.73 Å². The van der Waals surface area contributed by atoms with Crippen molar-refractivity contribution in [2.75, 3.05) is 6.54 Å². The number of rotatable bonds is 4. The number of nitrogens with two attached hydrogens (primary N) is 1. The highest BCUT2D eigenvalue weighted by molar-refractivity contribution is 5.85. The Morgan fingerprint density at radius 1 is 1.07 bits per heavy atom. The van der Waals surface area contributed by atoms with Gasteiger partial charge in [-0.3, -0.25) is 4.79 Å². The Kier molecular flexibility index (Phi) is 6.89. The summed E-state index contributed by atoms with van der Waals surface area (Å²) in [6.45, 7) is 0.490. The first-order valence-corrected chi connectivity index (χ1v) is 8.48. The lowest BCUT2D eigenvalue weighted by atomic mass is 9.84. The molecule has 1 amide bonds. The van der Waals surface area contributed by atoms with Crippen molar-refractivity contribution in [2.45, 2.75) is 30.8 Å². The van der Waals surface area contributed by atoms with Crippen molar-refractivity contribution in [3.63, 3.8) is 0 Å². The minimum absolute atomic E-state index is 0. The van der Waals surface area contributed by atoms with Gasteiger partial charge in [0.2, 0.25) is 5.91 Å². The largest absolute Gasteiger partial charge is 0.325 e. The Hall–Kier alpha value is -2.49. The molecule has 0 unspecified atom stereocenters. The van der Waals surface area contributed by atoms with Gasteiger partial charge in [0.25, 0.3) is 0 Å². The summed E-state index contributed by atoms with van der Waals surface area (Å²) >= 11 is 0. The molecule has 1 heterocycles. The van der Waals surface area contributed by atoms with E-state index in [-0.39, 0.29) is 18.3 Å². The van der Waals surface area contributed by atoms with Gasteiger partial charge >= 0.3 is 0 Å². The molecule has 3 rings (SSSR count). The van der Waals surface area contributed by atoms with Gasteiger partial charge in [0.15, 0.2) is 0 Å². The van der Waals surface area contributed by atoms with Gasteiger partial charge in [-0.1, -0.05) is 24.3 Å². The lowest BCUT2D eigenvalue weighted by Crippen LogP contribution is -2.48. The van der Waals surface area contributed by atoms with Gasteiger partial charge in [-0.2, -0.15) is 5.26 Å². The van der Waals surface area contributed by atoms with Gasteiger partial charge in [-0.15, -0.1) is 12.4 Å². The average Bonchev–Trinajstić information content (AvgIpc) is 3.13. The molecule has 1 aliphatic heterocycles. The standard InChI is InChI=1S/C20H19F2N3O.ClH/c21-15-7-3-13(4-8-15)18(14-5-9-16(22)10-6-14)19(24)20(26)25-11-1-2-17(25)12-23;/h3-10,17-19H,1-2,11,24H2;1H/t17-,19+;/m1./s1. The molecule has 4 nitrogen and oxygen atoms in total. The minimum atomic E-state index is -0.958. The van der Waals surface area contributed by atoms with Crippen LogP contribution in [0.3, 0.4) is 0 Å². The number of halogens is 3. The smallest absolute Gasteiger partial charge is 0.241 e. The van der Waals surface area contributed by atoms with E-state index >= 15 is 0 Å². The van der Waals surface area contributed by atoms with Crippen molar-refractivity contribution in [1.82, 2.24) is 4.90 Å². The SMILES string of the molecule is Cl.N#C[C@H]1CCCN1C(=O)[C@@H](N)C(c1ccc(F)cc1)c1ccc(F)cc1. The van der Waals surface area contributed by atoms with E-state index in [9.17, 15) is 18.8 Å². The van der Waals surface area contributed by atoms with E-state index in [1.807, 2.05) is 0 Å². The minimum Gasteiger partial charge on any atom is -0.325 e. The van der Waals surface area contributed by atoms with E-state index < -0.39 is 29.6 Å². The molecule has 0 saturated carbocycles. The molecule has 27 heavy (non-hydrogen) atoms. The molecule has 2 aromatic rings. The van der Waals surface area contributed by atoms with Crippen molar-refractivity contribution < 1.29 is 13.6 Å². The highest BCUT2D eigenvalue weighted by Crippen LogP contribution is 2.30. The first-order valence-electron chi connectivity index (χ1n) is 8.48. The van der Waals surface area contributed by atoms with Crippen LogP contribution in [0.15, 0.2) is 48.5 Å². The maximum Gasteiger partial charge on any atom is 0.241 e. The van der Waals surface area contributed by atoms with Crippen molar-refractivity contribution in [3.8, 4) is 6.07 Å². The lowest BCUT2D eigenvalue weighted by molar-refractivity contribution is -0.132. The summed E-state index contributed by atoms with van der Waals surface area (Å²) in [5, 5.41) is 9.23. The molecule has 0 bridgehead atoms. The quantitative estimate of drug-likeness (QED) is 0.868. The van der Waals surface area contributed by atoms with Crippen LogP contribution in [-0.4, -0.2) is 29.4 Å². The number of carbonyl (C=O) groups excluding carboxylic acids is 1. The number of likely N-dealkylation sites (tertiary alicyclic amines) is 1. The first kappa shape index (κ1) is 20.8. The Morgan fingerprint density at radius 3 is 2.00 bits per heavy atom. The maximum absolute atomic E-state index is 13.3. The molecule has 1 saturated heterocycles. The predicted octanol–water partition coefficient (Wildman–Crippen LogP) is 3.36. The van der Waals surface area contributed by atoms with Crippen molar-refractivity contribution >= 4 is 18.3 Å². The molecule has 0 spiro atoms. The topological polar surface area (TPSA) is 70.1 Å². The molecule has 1 fully saturated rings. The Bertz CT molecular complexity index is 775. The van der Waals surface area contributed by atoms with Gasteiger partial charge in [0, 0.05) is 12.5 Å². The third kappa shape index (κ3) is 4.44. The summed E-state index contributed by atoms with van der Waals surface area (Å²) in [6.07, 6.45) is 1.39. The zero-order valence-electron chi connectivity index (χ0n) is 14.5. The molecule has 7 heteroatoms. The van der Waals surface area contributed by atoms with Crippen LogP contribution in [0.2, 0.25) is 0 Å². The zero-order chi connectivity index (χ0) is 18.7. The second kappa shape index (κ2) is 8.94. The molecule has 0 aromatic heterocycles. The van der Waals surface area contributed by atoms with Crippen LogP contribution in [0.4, 0.5) is 8.78 Å². The number of hydrogen-bond acceptors (Lipinski definition) is 3. The fourth-order valence-electron chi connectivity index (χ4n) is 3.45. The summed E-state index contributed by atoms with van der Waals surface area (Å²) in [6, 6.07) is 12.2. The molecule has 2 aromatic carbocycles. The second-order valence-corrected chi connectivity index (χ2v) is 6.43. The third-order valence-electron chi connectivity index (χ3n) is 4.79. The summed E-state index contributed by atoms with van der Waals surface area (Å²) in [4.78, 5) is 14.4. The zero-order valence-corrected chi connectivity index (χ0v) is 15.3. The highest BCUT2D eigenvalue weighted by Gasteiger charge is 2.36. The predicted molar refractivity (Wildman–Crippen MR) is 100 cm³/mol.